The van der Waals surface area contributed by atoms with Crippen LogP contribution in [0.25, 0.3) is 0 Å². The van der Waals surface area contributed by atoms with Crippen LogP contribution in [0.3, 0.4) is 0 Å². The van der Waals surface area contributed by atoms with Crippen LogP contribution in [0.2, 0.25) is 0 Å². The van der Waals surface area contributed by atoms with E-state index in [2.05, 4.69) is 24.0 Å². The lowest BCUT2D eigenvalue weighted by Gasteiger charge is -2.40. The van der Waals surface area contributed by atoms with Gasteiger partial charge in [0.2, 0.25) is 10.0 Å². The maximum Gasteiger partial charge on any atom is 0.410 e. The number of hydrogen-bond donors (Lipinski definition) is 0. The summed E-state index contributed by atoms with van der Waals surface area (Å²) < 4.78 is 34.0. The number of rotatable bonds is 13. The first-order valence-corrected chi connectivity index (χ1v) is 17.0. The maximum absolute atomic E-state index is 13.4. The van der Waals surface area contributed by atoms with Crippen LogP contribution in [-0.4, -0.2) is 74.4 Å². The first-order valence-electron chi connectivity index (χ1n) is 15.5. The van der Waals surface area contributed by atoms with E-state index in [4.69, 9.17) is 4.74 Å². The molecule has 1 aliphatic heterocycles. The Morgan fingerprint density at radius 3 is 2.20 bits per heavy atom. The van der Waals surface area contributed by atoms with Gasteiger partial charge in [0.15, 0.2) is 0 Å². The van der Waals surface area contributed by atoms with Crippen molar-refractivity contribution in [1.82, 2.24) is 14.1 Å². The quantitative estimate of drug-likeness (QED) is 0.201. The Labute approximate surface area is 264 Å². The van der Waals surface area contributed by atoms with E-state index in [9.17, 15) is 13.2 Å². The van der Waals surface area contributed by atoms with Gasteiger partial charge in [-0.25, -0.2) is 17.5 Å². The van der Waals surface area contributed by atoms with Crippen molar-refractivity contribution in [2.45, 2.75) is 63.0 Å². The second-order valence-corrected chi connectivity index (χ2v) is 14.1. The lowest BCUT2D eigenvalue weighted by atomic mass is 9.79. The number of nitrogens with zero attached hydrogens (tertiary/aromatic N) is 3. The third-order valence-corrected chi connectivity index (χ3v) is 10.5. The average molecular weight is 618 g/mol. The molecule has 4 rings (SSSR count). The molecule has 44 heavy (non-hydrogen) atoms. The molecule has 0 aromatic heterocycles. The topological polar surface area (TPSA) is 70.2 Å². The highest BCUT2D eigenvalue weighted by Gasteiger charge is 2.34. The number of allylic oxidation sites excluding steroid dienone is 1. The number of carbonyl (C=O) groups is 1. The molecule has 3 aromatic rings. The molecule has 1 saturated heterocycles. The van der Waals surface area contributed by atoms with Crippen LogP contribution in [0.15, 0.2) is 102 Å². The molecule has 0 aliphatic carbocycles. The molecule has 0 bridgehead atoms. The van der Waals surface area contributed by atoms with E-state index < -0.39 is 10.0 Å². The third kappa shape index (κ3) is 8.80. The molecule has 0 N–H and O–H groups in total. The summed E-state index contributed by atoms with van der Waals surface area (Å²) in [5.74, 6) is 0. The summed E-state index contributed by atoms with van der Waals surface area (Å²) in [4.78, 5) is 17.8. The molecule has 236 valence electrons. The molecule has 1 aliphatic rings. The molecular weight excluding hydrogens is 570 g/mol. The highest BCUT2D eigenvalue weighted by molar-refractivity contribution is 7.89. The second-order valence-electron chi connectivity index (χ2n) is 12.1. The predicted octanol–water partition coefficient (Wildman–Crippen LogP) is 6.64. The first kappa shape index (κ1) is 33.4. The molecule has 1 fully saturated rings. The van der Waals surface area contributed by atoms with E-state index in [1.807, 2.05) is 79.4 Å². The molecule has 0 spiro atoms. The highest BCUT2D eigenvalue weighted by Crippen LogP contribution is 2.31. The number of hydrogen-bond acceptors (Lipinski definition) is 5. The van der Waals surface area contributed by atoms with Crippen LogP contribution in [-0.2, 0) is 26.8 Å². The number of benzene rings is 3. The standard InChI is InChI=1S/C36H47N3O4S/c1-5-6-24-39(35(40)43-28-31-19-17-30(2)18-20-31)33-21-25-38(26-22-33)27-23-36(3,32-13-9-7-10-14-32)29-37(4)44(41,42)34-15-11-8-12-16-34/h5-20,33H,21-29H2,1-4H3/b6-5-. The largest absolute Gasteiger partial charge is 0.445 e. The normalized spacial score (nSPS) is 16.2. The van der Waals surface area contributed by atoms with Crippen molar-refractivity contribution in [3.8, 4) is 0 Å². The van der Waals surface area contributed by atoms with Gasteiger partial charge >= 0.3 is 6.09 Å². The number of piperidine rings is 1. The highest BCUT2D eigenvalue weighted by atomic mass is 32.2. The van der Waals surface area contributed by atoms with Crippen LogP contribution in [0.1, 0.15) is 49.8 Å². The summed E-state index contributed by atoms with van der Waals surface area (Å²) in [6.07, 6.45) is 6.22. The molecule has 1 unspecified atom stereocenters. The van der Waals surface area contributed by atoms with E-state index in [0.29, 0.717) is 18.0 Å². The van der Waals surface area contributed by atoms with E-state index in [-0.39, 0.29) is 24.2 Å². The van der Waals surface area contributed by atoms with Crippen molar-refractivity contribution in [3.05, 3.63) is 114 Å². The lowest BCUT2D eigenvalue weighted by Crippen LogP contribution is -2.48. The van der Waals surface area contributed by atoms with Gasteiger partial charge in [0.05, 0.1) is 4.90 Å². The Morgan fingerprint density at radius 2 is 1.59 bits per heavy atom. The number of amides is 1. The minimum atomic E-state index is -3.62. The monoisotopic (exact) mass is 617 g/mol. The Kier molecular flexibility index (Phi) is 11.8. The number of sulfonamides is 1. The fourth-order valence-corrected chi connectivity index (χ4v) is 7.18. The Bertz CT molecular complexity index is 1450. The first-order chi connectivity index (χ1) is 21.1. The number of ether oxygens (including phenoxy) is 1. The molecular formula is C36H47N3O4S. The van der Waals surface area contributed by atoms with Gasteiger partial charge in [-0.2, -0.15) is 0 Å². The van der Waals surface area contributed by atoms with Crippen molar-refractivity contribution >= 4 is 16.1 Å². The molecule has 7 nitrogen and oxygen atoms in total. The van der Waals surface area contributed by atoms with E-state index in [1.165, 1.54) is 9.87 Å². The van der Waals surface area contributed by atoms with Crippen LogP contribution in [0.5, 0.6) is 0 Å². The average Bonchev–Trinajstić information content (AvgIpc) is 3.05. The van der Waals surface area contributed by atoms with Gasteiger partial charge in [-0.15, -0.1) is 0 Å². The minimum Gasteiger partial charge on any atom is -0.445 e. The van der Waals surface area contributed by atoms with Crippen LogP contribution in [0.4, 0.5) is 4.79 Å². The summed E-state index contributed by atoms with van der Waals surface area (Å²) in [5.41, 5.74) is 2.90. The second kappa shape index (κ2) is 15.5. The fraction of sp³-hybridized carbons (Fsp3) is 0.417. The van der Waals surface area contributed by atoms with Gasteiger partial charge in [0.1, 0.15) is 6.61 Å². The van der Waals surface area contributed by atoms with E-state index in [1.54, 1.807) is 31.3 Å². The zero-order valence-electron chi connectivity index (χ0n) is 26.6. The Morgan fingerprint density at radius 1 is 0.977 bits per heavy atom. The van der Waals surface area contributed by atoms with Crippen molar-refractivity contribution in [3.63, 3.8) is 0 Å². The van der Waals surface area contributed by atoms with Crippen LogP contribution in [0, 0.1) is 6.92 Å². The van der Waals surface area contributed by atoms with Gasteiger partial charge < -0.3 is 14.5 Å². The van der Waals surface area contributed by atoms with Crippen LogP contribution < -0.4 is 0 Å². The summed E-state index contributed by atoms with van der Waals surface area (Å²) >= 11 is 0. The van der Waals surface area contributed by atoms with E-state index in [0.717, 1.165) is 50.0 Å². The summed E-state index contributed by atoms with van der Waals surface area (Å²) in [6, 6.07) is 27.0. The van der Waals surface area contributed by atoms with Gasteiger partial charge in [-0.3, -0.25) is 0 Å². The molecule has 1 atom stereocenters. The summed E-state index contributed by atoms with van der Waals surface area (Å²) in [6.45, 7) is 9.89. The molecule has 8 heteroatoms. The van der Waals surface area contributed by atoms with Crippen molar-refractivity contribution in [2.24, 2.45) is 0 Å². The smallest absolute Gasteiger partial charge is 0.410 e. The molecule has 3 aromatic carbocycles. The SMILES string of the molecule is C/C=C\CN(C(=O)OCc1ccc(C)cc1)C1CCN(CCC(C)(CN(C)S(=O)(=O)c2ccccc2)c2ccccc2)CC1. The van der Waals surface area contributed by atoms with Gasteiger partial charge in [-0.1, -0.05) is 97.4 Å². The van der Waals surface area contributed by atoms with Crippen molar-refractivity contribution < 1.29 is 17.9 Å². The van der Waals surface area contributed by atoms with Gasteiger partial charge in [0, 0.05) is 44.7 Å². The minimum absolute atomic E-state index is 0.107. The zero-order valence-corrected chi connectivity index (χ0v) is 27.4. The Hall–Kier alpha value is -3.46. The number of likely N-dealkylation sites (tertiary alicyclic amines) is 1. The molecule has 0 saturated carbocycles. The summed E-state index contributed by atoms with van der Waals surface area (Å²) in [5, 5.41) is 0. The third-order valence-electron chi connectivity index (χ3n) is 8.73. The summed E-state index contributed by atoms with van der Waals surface area (Å²) in [7, 11) is -1.94. The lowest BCUT2D eigenvalue weighted by molar-refractivity contribution is 0.0646. The maximum atomic E-state index is 13.4. The van der Waals surface area contributed by atoms with Gasteiger partial charge in [-0.05, 0) is 62.9 Å². The number of likely N-dealkylation sites (N-methyl/N-ethyl adjacent to an activating group) is 1. The Balaban J connectivity index is 1.38. The van der Waals surface area contributed by atoms with Crippen LogP contribution >= 0.6 is 0 Å². The van der Waals surface area contributed by atoms with Crippen molar-refractivity contribution in [1.29, 1.82) is 0 Å². The van der Waals surface area contributed by atoms with Gasteiger partial charge in [0.25, 0.3) is 0 Å². The molecule has 1 amide bonds. The number of aryl methyl sites for hydroxylation is 1. The van der Waals surface area contributed by atoms with Crippen molar-refractivity contribution in [2.75, 3.05) is 39.8 Å². The zero-order chi connectivity index (χ0) is 31.6. The number of carbonyl (C=O) groups excluding carboxylic acids is 1. The fourth-order valence-electron chi connectivity index (χ4n) is 5.87. The molecule has 0 radical (unpaired) electrons. The van der Waals surface area contributed by atoms with E-state index >= 15 is 0 Å². The molecule has 1 heterocycles. The predicted molar refractivity (Wildman–Crippen MR) is 177 cm³/mol.